The van der Waals surface area contributed by atoms with Gasteiger partial charge >= 0.3 is 37.1 Å². The molecule has 2 radical (unpaired) electrons. The summed E-state index contributed by atoms with van der Waals surface area (Å²) in [6.45, 7) is 0.471. The molecular formula is C29H24N6O7P2V2. The summed E-state index contributed by atoms with van der Waals surface area (Å²) in [6.07, 6.45) is 1.49. The smallest absolute Gasteiger partial charge is 0.632 e. The molecule has 232 valence electrons. The molecule has 46 heavy (non-hydrogen) atoms. The maximum atomic E-state index is 10.6. The van der Waals surface area contributed by atoms with Gasteiger partial charge in [-0.25, -0.2) is 22.0 Å². The zero-order valence-corrected chi connectivity index (χ0v) is 28.9. The third-order valence-corrected chi connectivity index (χ3v) is 7.39. The summed E-state index contributed by atoms with van der Waals surface area (Å²) in [5.74, 6) is 0.846. The number of nitrogens with one attached hydrogen (secondary N) is 4. The Hall–Kier alpha value is -3.95. The summed E-state index contributed by atoms with van der Waals surface area (Å²) >= 11 is 0. The minimum absolute atomic E-state index is 0. The second kappa shape index (κ2) is 18.3. The van der Waals surface area contributed by atoms with E-state index in [2.05, 4.69) is 71.9 Å². The Morgan fingerprint density at radius 3 is 1.83 bits per heavy atom. The number of imidazole rings is 2. The molecule has 2 atom stereocenters. The van der Waals surface area contributed by atoms with Gasteiger partial charge in [-0.2, -0.15) is 17.2 Å². The van der Waals surface area contributed by atoms with Crippen molar-refractivity contribution in [1.29, 1.82) is 0 Å². The number of nitrogens with zero attached hydrogens (tertiary/aromatic N) is 2. The van der Waals surface area contributed by atoms with Crippen LogP contribution in [0.2, 0.25) is 0 Å². The molecule has 1 aliphatic heterocycles. The molecule has 17 heteroatoms. The van der Waals surface area contributed by atoms with Crippen molar-refractivity contribution in [1.82, 2.24) is 19.9 Å². The first-order valence-electron chi connectivity index (χ1n) is 12.6. The topological polar surface area (TPSA) is 201 Å². The molecule has 6 rings (SSSR count). The average molecular weight is 732 g/mol. The van der Waals surface area contributed by atoms with Gasteiger partial charge in [-0.1, -0.05) is 24.3 Å². The number of H-pyrrole nitrogens is 2. The van der Waals surface area contributed by atoms with Crippen LogP contribution < -0.4 is 15.9 Å². The zero-order chi connectivity index (χ0) is 31.6. The molecule has 2 unspecified atom stereocenters. The number of benzene rings is 3. The minimum atomic E-state index is -0.995. The molecule has 0 aliphatic carbocycles. The van der Waals surface area contributed by atoms with Crippen LogP contribution in [-0.4, -0.2) is 58.4 Å². The van der Waals surface area contributed by atoms with Gasteiger partial charge in [0.25, 0.3) is 0 Å². The third-order valence-electron chi connectivity index (χ3n) is 6.20. The van der Waals surface area contributed by atoms with Crippen molar-refractivity contribution in [3.05, 3.63) is 78.0 Å². The molecule has 1 aliphatic rings. The average Bonchev–Trinajstić information content (AvgIpc) is 3.70. The number of carbonyl (C=O) groups excluding carboxylic acids is 4. The fraction of sp³-hybridized carbons (Fsp3) is 0.103. The Morgan fingerprint density at radius 1 is 0.783 bits per heavy atom. The summed E-state index contributed by atoms with van der Waals surface area (Å²) in [6, 6.07) is 20.5. The largest absolute Gasteiger partial charge is 2.00 e. The summed E-state index contributed by atoms with van der Waals surface area (Å²) in [7, 11) is 2.12. The molecule has 0 saturated carbocycles. The molecule has 0 spiro atoms. The van der Waals surface area contributed by atoms with Crippen LogP contribution >= 0.6 is 17.2 Å². The number of rotatable bonds is 6. The van der Waals surface area contributed by atoms with Crippen LogP contribution in [0.1, 0.15) is 5.56 Å². The number of methoxy groups -OCH3 is 2. The first kappa shape index (κ1) is 38.2. The molecule has 0 fully saturated rings. The molecule has 13 nitrogen and oxygen atoms in total. The van der Waals surface area contributed by atoms with Gasteiger partial charge in [-0.05, 0) is 51.7 Å². The second-order valence-corrected chi connectivity index (χ2v) is 10.7. The van der Waals surface area contributed by atoms with Crippen LogP contribution in [0.25, 0.3) is 55.9 Å². The Kier molecular flexibility index (Phi) is 15.2. The van der Waals surface area contributed by atoms with Crippen molar-refractivity contribution in [2.45, 2.75) is 6.61 Å². The van der Waals surface area contributed by atoms with Gasteiger partial charge in [0.1, 0.15) is 12.4 Å². The van der Waals surface area contributed by atoms with Crippen molar-refractivity contribution in [2.75, 3.05) is 14.2 Å². The molecule has 4 N–H and O–H groups in total. The number of hydrogen-bond acceptors (Lipinski definition) is 9. The van der Waals surface area contributed by atoms with Gasteiger partial charge in [0.05, 0.1) is 49.1 Å². The van der Waals surface area contributed by atoms with Crippen molar-refractivity contribution < 1.29 is 70.5 Å². The molecule has 2 aromatic heterocycles. The van der Waals surface area contributed by atoms with Crippen molar-refractivity contribution in [3.63, 3.8) is 0 Å². The monoisotopic (exact) mass is 732 g/mol. The molecule has 3 aromatic carbocycles. The van der Waals surface area contributed by atoms with Crippen molar-refractivity contribution >= 4 is 63.3 Å². The Labute approximate surface area is 290 Å². The van der Waals surface area contributed by atoms with E-state index in [0.29, 0.717) is 17.7 Å². The summed E-state index contributed by atoms with van der Waals surface area (Å²) < 4.78 is 13.7. The van der Waals surface area contributed by atoms with Gasteiger partial charge in [0, 0.05) is 11.1 Å². The predicted octanol–water partition coefficient (Wildman–Crippen LogP) is 5.53. The fourth-order valence-electron chi connectivity index (χ4n) is 4.23. The Morgan fingerprint density at radius 2 is 1.30 bits per heavy atom. The van der Waals surface area contributed by atoms with Gasteiger partial charge in [-0.15, -0.1) is 0 Å². The minimum Gasteiger partial charge on any atom is -0.632 e. The van der Waals surface area contributed by atoms with E-state index >= 15 is 0 Å². The van der Waals surface area contributed by atoms with E-state index in [1.54, 1.807) is 12.4 Å². The van der Waals surface area contributed by atoms with E-state index in [9.17, 15) is 19.2 Å². The number of amides is 2. The normalized spacial score (nSPS) is 10.9. The first-order chi connectivity index (χ1) is 21.3. The van der Waals surface area contributed by atoms with Crippen LogP contribution in [0.4, 0.5) is 9.59 Å². The van der Waals surface area contributed by atoms with Crippen LogP contribution in [-0.2, 0) is 62.8 Å². The van der Waals surface area contributed by atoms with Crippen LogP contribution in [0.3, 0.4) is 0 Å². The standard InChI is InChI=1S/C25H16N4O3P2.2C2H5NO2.2V/c30-12-33-24-26-9-21(28-24)15-2-1-14-7-20-19-4-3-16(22-10-27-25(29-22)34-13-31)6-18(19)11-32-23(20)8-17(14)5-15;2*1-5-2(3)4;;/h1-10,33-34H,11H2,(H,26,28)(H,27,29);2*1H3,(H2,3,4);;/q-2;;;2*+2/p-2. The summed E-state index contributed by atoms with van der Waals surface area (Å²) in [4.78, 5) is 54.6. The van der Waals surface area contributed by atoms with E-state index in [1.807, 2.05) is 18.1 Å². The molecule has 5 aromatic rings. The van der Waals surface area contributed by atoms with E-state index in [0.717, 1.165) is 69.9 Å². The van der Waals surface area contributed by atoms with Crippen LogP contribution in [0.5, 0.6) is 5.75 Å². The fourth-order valence-corrected chi connectivity index (χ4v) is 5.08. The van der Waals surface area contributed by atoms with Crippen LogP contribution in [0, 0.1) is 0 Å². The maximum Gasteiger partial charge on any atom is 2.00 e. The maximum absolute atomic E-state index is 10.6. The molecule has 3 heterocycles. The first-order valence-corrected chi connectivity index (χ1v) is 14.6. The SMILES string of the molecule is COC([NH-])=O.COC([NH-])=O.O=[C-]Pc1ncc(-c2ccc3c(c2)COc2cc4cc(-c5cnc(P[C-]=O)[nH]5)ccc4cc2-3)[nH]1.[V+2].[V+2]. The second-order valence-electron chi connectivity index (χ2n) is 8.80. The van der Waals surface area contributed by atoms with Gasteiger partial charge in [-0.3, -0.25) is 9.59 Å². The number of aromatic nitrogens is 4. The molecule has 2 amide bonds. The number of hydrogen-bond donors (Lipinski definition) is 2. The van der Waals surface area contributed by atoms with E-state index in [-0.39, 0.29) is 54.3 Å². The number of fused-ring (bicyclic) bond motifs is 4. The van der Waals surface area contributed by atoms with E-state index in [1.165, 1.54) is 0 Å². The summed E-state index contributed by atoms with van der Waals surface area (Å²) in [5, 5.41) is 2.17. The van der Waals surface area contributed by atoms with Crippen molar-refractivity contribution in [2.24, 2.45) is 0 Å². The van der Waals surface area contributed by atoms with Crippen LogP contribution in [0.15, 0.2) is 60.9 Å². The molecule has 0 saturated heterocycles. The predicted molar refractivity (Wildman–Crippen MR) is 170 cm³/mol. The van der Waals surface area contributed by atoms with E-state index < -0.39 is 12.2 Å². The Bertz CT molecular complexity index is 1820. The molecule has 0 bridgehead atoms. The number of aromatic amines is 2. The third kappa shape index (κ3) is 9.77. The Balaban J connectivity index is 0.000000540. The van der Waals surface area contributed by atoms with E-state index in [4.69, 9.17) is 16.2 Å². The summed E-state index contributed by atoms with van der Waals surface area (Å²) in [5.41, 5.74) is 20.2. The van der Waals surface area contributed by atoms with Gasteiger partial charge < -0.3 is 45.2 Å². The van der Waals surface area contributed by atoms with Gasteiger partial charge in [0.2, 0.25) is 12.2 Å². The van der Waals surface area contributed by atoms with Gasteiger partial charge in [0.15, 0.2) is 0 Å². The van der Waals surface area contributed by atoms with Crippen molar-refractivity contribution in [3.8, 4) is 39.4 Å². The molecular weight excluding hydrogens is 708 g/mol. The number of ether oxygens (including phenoxy) is 3. The number of carbonyl (C=O) groups is 2. The zero-order valence-electron chi connectivity index (χ0n) is 24.1. The quantitative estimate of drug-likeness (QED) is 0.166.